The average Bonchev–Trinajstić information content (AvgIpc) is 2.86. The molecule has 0 amide bonds. The van der Waals surface area contributed by atoms with Crippen molar-refractivity contribution in [3.8, 4) is 0 Å². The third-order valence-corrected chi connectivity index (χ3v) is 3.08. The summed E-state index contributed by atoms with van der Waals surface area (Å²) in [6.45, 7) is 1.63. The molecule has 2 fully saturated rings. The molecular formula is C11H19NO3. The number of hydrogen-bond donors (Lipinski definition) is 1. The number of carbonyl (C=O) groups excluding carboxylic acids is 1. The zero-order chi connectivity index (χ0) is 10.5. The van der Waals surface area contributed by atoms with Crippen LogP contribution in [-0.4, -0.2) is 37.9 Å². The lowest BCUT2D eigenvalue weighted by Crippen LogP contribution is -2.34. The van der Waals surface area contributed by atoms with Gasteiger partial charge in [0.15, 0.2) is 0 Å². The van der Waals surface area contributed by atoms with Gasteiger partial charge in [-0.15, -0.1) is 0 Å². The molecule has 2 rings (SSSR count). The summed E-state index contributed by atoms with van der Waals surface area (Å²) in [5.41, 5.74) is 0. The van der Waals surface area contributed by atoms with Crippen molar-refractivity contribution in [2.24, 2.45) is 0 Å². The van der Waals surface area contributed by atoms with Crippen LogP contribution in [-0.2, 0) is 14.3 Å². The number of ether oxygens (including phenoxy) is 2. The summed E-state index contributed by atoms with van der Waals surface area (Å²) >= 11 is 0. The molecule has 1 saturated heterocycles. The molecule has 0 bridgehead atoms. The number of rotatable bonds is 4. The van der Waals surface area contributed by atoms with Crippen LogP contribution in [0.15, 0.2) is 0 Å². The summed E-state index contributed by atoms with van der Waals surface area (Å²) in [5.74, 6) is -0.141. The highest BCUT2D eigenvalue weighted by molar-refractivity contribution is 5.71. The summed E-state index contributed by atoms with van der Waals surface area (Å²) < 4.78 is 10.4. The predicted molar refractivity (Wildman–Crippen MR) is 55.6 cm³/mol. The van der Waals surface area contributed by atoms with E-state index >= 15 is 0 Å². The molecule has 4 heteroatoms. The topological polar surface area (TPSA) is 47.6 Å². The van der Waals surface area contributed by atoms with Crippen molar-refractivity contribution >= 4 is 5.97 Å². The number of esters is 1. The lowest BCUT2D eigenvalue weighted by molar-refractivity contribution is -0.148. The van der Waals surface area contributed by atoms with E-state index in [4.69, 9.17) is 9.47 Å². The van der Waals surface area contributed by atoms with Gasteiger partial charge in [-0.05, 0) is 12.8 Å². The molecule has 0 radical (unpaired) electrons. The SMILES string of the molecule is O=C(CNC1CCCC1)OC1CCOC1. The van der Waals surface area contributed by atoms with Gasteiger partial charge in [0.25, 0.3) is 0 Å². The Labute approximate surface area is 90.3 Å². The summed E-state index contributed by atoms with van der Waals surface area (Å²) in [7, 11) is 0. The van der Waals surface area contributed by atoms with Crippen LogP contribution in [0.1, 0.15) is 32.1 Å². The van der Waals surface area contributed by atoms with E-state index in [9.17, 15) is 4.79 Å². The van der Waals surface area contributed by atoms with E-state index in [2.05, 4.69) is 5.32 Å². The van der Waals surface area contributed by atoms with Gasteiger partial charge < -0.3 is 14.8 Å². The molecule has 1 aliphatic carbocycles. The first-order chi connectivity index (χ1) is 7.34. The van der Waals surface area contributed by atoms with Gasteiger partial charge in [-0.1, -0.05) is 12.8 Å². The van der Waals surface area contributed by atoms with E-state index in [1.54, 1.807) is 0 Å². The van der Waals surface area contributed by atoms with Crippen molar-refractivity contribution in [1.29, 1.82) is 0 Å². The zero-order valence-electron chi connectivity index (χ0n) is 9.04. The molecule has 1 atom stereocenters. The summed E-state index contributed by atoms with van der Waals surface area (Å²) in [6.07, 6.45) is 5.78. The van der Waals surface area contributed by atoms with Crippen molar-refractivity contribution in [2.45, 2.75) is 44.2 Å². The lowest BCUT2D eigenvalue weighted by atomic mass is 10.2. The maximum absolute atomic E-state index is 11.4. The third kappa shape index (κ3) is 3.47. The Hall–Kier alpha value is -0.610. The molecule has 0 aromatic rings. The Balaban J connectivity index is 1.59. The first-order valence-electron chi connectivity index (χ1n) is 5.85. The average molecular weight is 213 g/mol. The smallest absolute Gasteiger partial charge is 0.320 e. The monoisotopic (exact) mass is 213 g/mol. The van der Waals surface area contributed by atoms with Crippen LogP contribution in [0.3, 0.4) is 0 Å². The number of hydrogen-bond acceptors (Lipinski definition) is 4. The molecule has 0 aromatic heterocycles. The van der Waals surface area contributed by atoms with Crippen molar-refractivity contribution < 1.29 is 14.3 Å². The molecule has 15 heavy (non-hydrogen) atoms. The normalized spacial score (nSPS) is 27.1. The highest BCUT2D eigenvalue weighted by Crippen LogP contribution is 2.17. The van der Waals surface area contributed by atoms with Crippen molar-refractivity contribution in [3.05, 3.63) is 0 Å². The molecule has 86 valence electrons. The van der Waals surface area contributed by atoms with Crippen molar-refractivity contribution in [2.75, 3.05) is 19.8 Å². The van der Waals surface area contributed by atoms with E-state index < -0.39 is 0 Å². The van der Waals surface area contributed by atoms with E-state index in [0.29, 0.717) is 25.8 Å². The molecule has 1 heterocycles. The Morgan fingerprint density at radius 2 is 2.13 bits per heavy atom. The van der Waals surface area contributed by atoms with Gasteiger partial charge >= 0.3 is 5.97 Å². The van der Waals surface area contributed by atoms with Gasteiger partial charge in [0.2, 0.25) is 0 Å². The second kappa shape index (κ2) is 5.47. The molecule has 1 aliphatic heterocycles. The Morgan fingerprint density at radius 1 is 1.33 bits per heavy atom. The number of nitrogens with one attached hydrogen (secondary N) is 1. The van der Waals surface area contributed by atoms with E-state index in [-0.39, 0.29) is 12.1 Å². The fraction of sp³-hybridized carbons (Fsp3) is 0.909. The zero-order valence-corrected chi connectivity index (χ0v) is 9.04. The van der Waals surface area contributed by atoms with Gasteiger partial charge in [0.1, 0.15) is 6.10 Å². The summed E-state index contributed by atoms with van der Waals surface area (Å²) in [6, 6.07) is 0.525. The van der Waals surface area contributed by atoms with Gasteiger partial charge in [-0.25, -0.2) is 0 Å². The standard InChI is InChI=1S/C11H19NO3/c13-11(15-10-5-6-14-8-10)7-12-9-3-1-2-4-9/h9-10,12H,1-8H2. The molecule has 2 aliphatic rings. The van der Waals surface area contributed by atoms with Crippen LogP contribution in [0.5, 0.6) is 0 Å². The minimum Gasteiger partial charge on any atom is -0.459 e. The maximum Gasteiger partial charge on any atom is 0.320 e. The van der Waals surface area contributed by atoms with E-state index in [1.807, 2.05) is 0 Å². The quantitative estimate of drug-likeness (QED) is 0.703. The van der Waals surface area contributed by atoms with E-state index in [0.717, 1.165) is 6.42 Å². The lowest BCUT2D eigenvalue weighted by Gasteiger charge is -2.13. The van der Waals surface area contributed by atoms with Crippen LogP contribution < -0.4 is 5.32 Å². The molecule has 1 unspecified atom stereocenters. The van der Waals surface area contributed by atoms with Gasteiger partial charge in [-0.2, -0.15) is 0 Å². The van der Waals surface area contributed by atoms with Crippen molar-refractivity contribution in [3.63, 3.8) is 0 Å². The Bertz CT molecular complexity index is 208. The van der Waals surface area contributed by atoms with E-state index in [1.165, 1.54) is 25.7 Å². The predicted octanol–water partition coefficient (Wildman–Crippen LogP) is 0.851. The first-order valence-corrected chi connectivity index (χ1v) is 5.85. The molecule has 4 nitrogen and oxygen atoms in total. The number of carbonyl (C=O) groups is 1. The second-order valence-electron chi connectivity index (χ2n) is 4.34. The molecule has 1 saturated carbocycles. The van der Waals surface area contributed by atoms with Crippen molar-refractivity contribution in [1.82, 2.24) is 5.32 Å². The fourth-order valence-electron chi connectivity index (χ4n) is 2.19. The Kier molecular flexibility index (Phi) is 3.97. The minimum absolute atomic E-state index is 0.0112. The fourth-order valence-corrected chi connectivity index (χ4v) is 2.19. The highest BCUT2D eigenvalue weighted by atomic mass is 16.6. The van der Waals surface area contributed by atoms with Crippen LogP contribution in [0.2, 0.25) is 0 Å². The third-order valence-electron chi connectivity index (χ3n) is 3.08. The van der Waals surface area contributed by atoms with Gasteiger partial charge in [0.05, 0.1) is 19.8 Å². The van der Waals surface area contributed by atoms with Crippen LogP contribution >= 0.6 is 0 Å². The van der Waals surface area contributed by atoms with Crippen LogP contribution in [0.25, 0.3) is 0 Å². The molecule has 0 aromatic carbocycles. The van der Waals surface area contributed by atoms with Crippen LogP contribution in [0.4, 0.5) is 0 Å². The largest absolute Gasteiger partial charge is 0.459 e. The first kappa shape index (κ1) is 10.9. The van der Waals surface area contributed by atoms with Crippen LogP contribution in [0, 0.1) is 0 Å². The second-order valence-corrected chi connectivity index (χ2v) is 4.34. The summed E-state index contributed by atoms with van der Waals surface area (Å²) in [4.78, 5) is 11.4. The highest BCUT2D eigenvalue weighted by Gasteiger charge is 2.21. The minimum atomic E-state index is -0.141. The molecular weight excluding hydrogens is 194 g/mol. The Morgan fingerprint density at radius 3 is 2.80 bits per heavy atom. The maximum atomic E-state index is 11.4. The van der Waals surface area contributed by atoms with Gasteiger partial charge in [0, 0.05) is 12.5 Å². The molecule has 1 N–H and O–H groups in total. The summed E-state index contributed by atoms with van der Waals surface area (Å²) in [5, 5.41) is 3.24. The van der Waals surface area contributed by atoms with Gasteiger partial charge in [-0.3, -0.25) is 4.79 Å². The molecule has 0 spiro atoms.